The summed E-state index contributed by atoms with van der Waals surface area (Å²) in [5.74, 6) is 4.48. The summed E-state index contributed by atoms with van der Waals surface area (Å²) in [6.07, 6.45) is 8.58. The van der Waals surface area contributed by atoms with Gasteiger partial charge in [0.15, 0.2) is 11.5 Å². The Balaban J connectivity index is 0.00000172. The summed E-state index contributed by atoms with van der Waals surface area (Å²) in [6.45, 7) is 9.57. The number of nitrogen functional groups attached to an aromatic ring is 2. The van der Waals surface area contributed by atoms with Crippen molar-refractivity contribution in [3.05, 3.63) is 48.5 Å². The molecule has 0 unspecified atom stereocenters. The van der Waals surface area contributed by atoms with Crippen LogP contribution >= 0.6 is 0 Å². The monoisotopic (exact) mass is 275 g/mol. The molecule has 1 amide bonds. The minimum absolute atomic E-state index is 0.0109. The van der Waals surface area contributed by atoms with Crippen molar-refractivity contribution in [2.75, 3.05) is 5.73 Å². The summed E-state index contributed by atoms with van der Waals surface area (Å²) < 4.78 is 0. The molecule has 0 bridgehead atoms. The lowest BCUT2D eigenvalue weighted by molar-refractivity contribution is 0.0949. The predicted octanol–water partition coefficient (Wildman–Crippen LogP) is 1.83. The summed E-state index contributed by atoms with van der Waals surface area (Å²) in [5.41, 5.74) is 8.74. The first-order chi connectivity index (χ1) is 9.63. The molecule has 6 heteroatoms. The van der Waals surface area contributed by atoms with Crippen LogP contribution in [0, 0.1) is 0 Å². The average molecular weight is 275 g/mol. The molecular formula is C14H21N5O. The van der Waals surface area contributed by atoms with Crippen molar-refractivity contribution in [1.29, 1.82) is 0 Å². The fourth-order valence-electron chi connectivity index (χ4n) is 1.23. The molecule has 0 aliphatic heterocycles. The van der Waals surface area contributed by atoms with Crippen molar-refractivity contribution in [2.45, 2.75) is 20.8 Å². The number of anilines is 1. The molecule has 20 heavy (non-hydrogen) atoms. The molecule has 1 heterocycles. The molecule has 0 aliphatic carbocycles. The molecule has 1 aromatic heterocycles. The van der Waals surface area contributed by atoms with Gasteiger partial charge in [0, 0.05) is 5.57 Å². The van der Waals surface area contributed by atoms with Crippen LogP contribution in [-0.2, 0) is 0 Å². The van der Waals surface area contributed by atoms with Gasteiger partial charge in [-0.25, -0.2) is 15.8 Å². The van der Waals surface area contributed by atoms with Crippen molar-refractivity contribution < 1.29 is 4.79 Å². The Bertz CT molecular complexity index is 520. The topological polar surface area (TPSA) is 107 Å². The molecule has 0 aliphatic rings. The van der Waals surface area contributed by atoms with Gasteiger partial charge in [-0.3, -0.25) is 10.2 Å². The van der Waals surface area contributed by atoms with Crippen LogP contribution in [0.25, 0.3) is 5.57 Å². The molecule has 0 saturated carbocycles. The van der Waals surface area contributed by atoms with Crippen molar-refractivity contribution in [2.24, 2.45) is 5.84 Å². The first-order valence-corrected chi connectivity index (χ1v) is 6.23. The van der Waals surface area contributed by atoms with E-state index >= 15 is 0 Å². The second-order valence-electron chi connectivity index (χ2n) is 3.31. The number of carbonyl (C=O) groups excluding carboxylic acids is 1. The quantitative estimate of drug-likeness (QED) is 0.336. The fourth-order valence-corrected chi connectivity index (χ4v) is 1.23. The minimum Gasteiger partial charge on any atom is -0.382 e. The third kappa shape index (κ3) is 4.66. The molecule has 0 spiro atoms. The fraction of sp³-hybridized carbons (Fsp3) is 0.214. The van der Waals surface area contributed by atoms with Gasteiger partial charge in [0.2, 0.25) is 0 Å². The molecule has 1 aromatic rings. The maximum Gasteiger partial charge on any atom is 0.287 e. The number of nitrogens with zero attached hydrogens (tertiary/aromatic N) is 2. The van der Waals surface area contributed by atoms with E-state index < -0.39 is 5.91 Å². The van der Waals surface area contributed by atoms with Crippen LogP contribution in [0.4, 0.5) is 5.82 Å². The van der Waals surface area contributed by atoms with E-state index in [1.54, 1.807) is 12.2 Å². The molecular weight excluding hydrogens is 254 g/mol. The van der Waals surface area contributed by atoms with E-state index in [2.05, 4.69) is 16.5 Å². The second-order valence-corrected chi connectivity index (χ2v) is 3.31. The molecule has 0 atom stereocenters. The zero-order chi connectivity index (χ0) is 15.5. The van der Waals surface area contributed by atoms with Gasteiger partial charge in [0.05, 0.1) is 11.9 Å². The summed E-state index contributed by atoms with van der Waals surface area (Å²) in [4.78, 5) is 19.5. The number of amides is 1. The van der Waals surface area contributed by atoms with Gasteiger partial charge in [-0.05, 0) is 6.92 Å². The average Bonchev–Trinajstić information content (AvgIpc) is 2.50. The summed E-state index contributed by atoms with van der Waals surface area (Å²) in [6, 6.07) is 0. The summed E-state index contributed by atoms with van der Waals surface area (Å²) in [7, 11) is 0. The van der Waals surface area contributed by atoms with Crippen LogP contribution in [0.5, 0.6) is 0 Å². The number of nitrogens with one attached hydrogen (secondary N) is 1. The van der Waals surface area contributed by atoms with Crippen LogP contribution < -0.4 is 17.0 Å². The van der Waals surface area contributed by atoms with Gasteiger partial charge >= 0.3 is 0 Å². The van der Waals surface area contributed by atoms with Crippen LogP contribution in [-0.4, -0.2) is 15.9 Å². The van der Waals surface area contributed by atoms with Crippen molar-refractivity contribution >= 4 is 17.3 Å². The highest BCUT2D eigenvalue weighted by Gasteiger charge is 2.13. The zero-order valence-electron chi connectivity index (χ0n) is 12.1. The SMILES string of the molecule is C=C/C(=C\C=C/C)c1cnc(N)c(C(=O)NN)n1.CC. The first kappa shape index (κ1) is 17.5. The van der Waals surface area contributed by atoms with E-state index in [0.717, 1.165) is 5.57 Å². The summed E-state index contributed by atoms with van der Waals surface area (Å²) >= 11 is 0. The van der Waals surface area contributed by atoms with Crippen LogP contribution in [0.1, 0.15) is 37.0 Å². The van der Waals surface area contributed by atoms with Gasteiger partial charge in [-0.2, -0.15) is 0 Å². The molecule has 108 valence electrons. The molecule has 0 fully saturated rings. The zero-order valence-corrected chi connectivity index (χ0v) is 12.1. The lowest BCUT2D eigenvalue weighted by Gasteiger charge is -2.06. The normalized spacial score (nSPS) is 10.7. The number of aromatic nitrogens is 2. The maximum absolute atomic E-state index is 11.4. The smallest absolute Gasteiger partial charge is 0.287 e. The number of carbonyl (C=O) groups is 1. The molecule has 1 rings (SSSR count). The Labute approximate surface area is 119 Å². The van der Waals surface area contributed by atoms with Crippen molar-refractivity contribution in [1.82, 2.24) is 15.4 Å². The highest BCUT2D eigenvalue weighted by molar-refractivity contribution is 5.96. The predicted molar refractivity (Wildman–Crippen MR) is 82.4 cm³/mol. The van der Waals surface area contributed by atoms with Crippen LogP contribution in [0.3, 0.4) is 0 Å². The Hall–Kier alpha value is -2.47. The van der Waals surface area contributed by atoms with Gasteiger partial charge in [0.25, 0.3) is 5.91 Å². The van der Waals surface area contributed by atoms with Crippen molar-refractivity contribution in [3.63, 3.8) is 0 Å². The maximum atomic E-state index is 11.4. The van der Waals surface area contributed by atoms with Gasteiger partial charge < -0.3 is 5.73 Å². The summed E-state index contributed by atoms with van der Waals surface area (Å²) in [5, 5.41) is 0. The van der Waals surface area contributed by atoms with Crippen molar-refractivity contribution in [3.8, 4) is 0 Å². The van der Waals surface area contributed by atoms with Gasteiger partial charge in [-0.1, -0.05) is 44.7 Å². The number of nitrogens with two attached hydrogens (primary N) is 2. The van der Waals surface area contributed by atoms with E-state index in [4.69, 9.17) is 11.6 Å². The Morgan fingerprint density at radius 1 is 1.45 bits per heavy atom. The third-order valence-electron chi connectivity index (χ3n) is 2.13. The highest BCUT2D eigenvalue weighted by Crippen LogP contribution is 2.15. The number of allylic oxidation sites excluding steroid dienone is 5. The molecule has 0 saturated heterocycles. The van der Waals surface area contributed by atoms with E-state index in [1.807, 2.05) is 38.3 Å². The lowest BCUT2D eigenvalue weighted by atomic mass is 10.1. The Morgan fingerprint density at radius 2 is 2.10 bits per heavy atom. The number of hydrogen-bond acceptors (Lipinski definition) is 5. The Morgan fingerprint density at radius 3 is 2.60 bits per heavy atom. The van der Waals surface area contributed by atoms with Gasteiger partial charge in [-0.15, -0.1) is 0 Å². The molecule has 0 radical (unpaired) electrons. The standard InChI is InChI=1S/C12H15N5O.C2H6/c1-3-5-6-8(4-2)9-7-15-11(13)10(16-9)12(18)17-14;1-2/h3-7H,2,14H2,1H3,(H2,13,15)(H,17,18);1-2H3/b5-3-,8-6+;. The number of rotatable bonds is 4. The Kier molecular flexibility index (Phi) is 8.29. The minimum atomic E-state index is -0.587. The largest absolute Gasteiger partial charge is 0.382 e. The van der Waals surface area contributed by atoms with E-state index in [0.29, 0.717) is 5.69 Å². The van der Waals surface area contributed by atoms with Crippen LogP contribution in [0.2, 0.25) is 0 Å². The van der Waals surface area contributed by atoms with E-state index in [-0.39, 0.29) is 11.5 Å². The molecule has 0 aromatic carbocycles. The lowest BCUT2D eigenvalue weighted by Crippen LogP contribution is -2.31. The molecule has 5 N–H and O–H groups in total. The second kappa shape index (κ2) is 9.46. The number of hydrazine groups is 1. The van der Waals surface area contributed by atoms with E-state index in [1.165, 1.54) is 6.20 Å². The number of hydrogen-bond donors (Lipinski definition) is 3. The van der Waals surface area contributed by atoms with Gasteiger partial charge in [0.1, 0.15) is 0 Å². The highest BCUT2D eigenvalue weighted by atomic mass is 16.2. The third-order valence-corrected chi connectivity index (χ3v) is 2.13. The van der Waals surface area contributed by atoms with Crippen LogP contribution in [0.15, 0.2) is 37.1 Å². The van der Waals surface area contributed by atoms with E-state index in [9.17, 15) is 4.79 Å². The molecule has 6 nitrogen and oxygen atoms in total. The first-order valence-electron chi connectivity index (χ1n) is 6.23.